The van der Waals surface area contributed by atoms with Gasteiger partial charge in [-0.05, 0) is 29.8 Å². The third-order valence-corrected chi connectivity index (χ3v) is 6.64. The van der Waals surface area contributed by atoms with Crippen molar-refractivity contribution in [3.63, 3.8) is 0 Å². The van der Waals surface area contributed by atoms with Gasteiger partial charge in [-0.25, -0.2) is 4.98 Å². The molecule has 1 aromatic heterocycles. The summed E-state index contributed by atoms with van der Waals surface area (Å²) in [5.41, 5.74) is 13.5. The molecule has 11 heteroatoms. The van der Waals surface area contributed by atoms with Crippen LogP contribution < -0.4 is 25.7 Å². The second-order valence-electron chi connectivity index (χ2n) is 8.73. The van der Waals surface area contributed by atoms with Crippen LogP contribution in [-0.4, -0.2) is 74.2 Å². The monoisotopic (exact) mass is 526 g/mol. The van der Waals surface area contributed by atoms with E-state index in [1.165, 1.54) is 6.07 Å². The number of halogens is 1. The molecule has 0 unspecified atom stereocenters. The molecule has 1 aliphatic heterocycles. The number of nitrogens with two attached hydrogens (primary N) is 2. The Morgan fingerprint density at radius 2 is 1.62 bits per heavy atom. The molecule has 2 aromatic carbocycles. The Morgan fingerprint density at radius 3 is 2.24 bits per heavy atom. The largest absolute Gasteiger partial charge is 0.493 e. The van der Waals surface area contributed by atoms with Crippen molar-refractivity contribution in [2.75, 3.05) is 47.5 Å². The highest BCUT2D eigenvalue weighted by Crippen LogP contribution is 2.40. The van der Waals surface area contributed by atoms with E-state index in [0.717, 1.165) is 55.8 Å². The maximum Gasteiger partial charge on any atom is 0.298 e. The van der Waals surface area contributed by atoms with Gasteiger partial charge in [-0.15, -0.1) is 0 Å². The molecule has 0 saturated carbocycles. The maximum absolute atomic E-state index is 12.1. The molecule has 1 aliphatic rings. The number of ether oxygens (including phenoxy) is 3. The quantitative estimate of drug-likeness (QED) is 0.336. The van der Waals surface area contributed by atoms with Crippen molar-refractivity contribution >= 4 is 34.4 Å². The molecule has 0 aliphatic carbocycles. The van der Waals surface area contributed by atoms with Crippen LogP contribution in [0.2, 0.25) is 5.02 Å². The van der Waals surface area contributed by atoms with Crippen LogP contribution >= 0.6 is 11.6 Å². The van der Waals surface area contributed by atoms with E-state index in [0.29, 0.717) is 27.8 Å². The van der Waals surface area contributed by atoms with Gasteiger partial charge in [0, 0.05) is 50.2 Å². The summed E-state index contributed by atoms with van der Waals surface area (Å²) in [6.07, 6.45) is 0. The van der Waals surface area contributed by atoms with E-state index in [2.05, 4.69) is 19.8 Å². The SMILES string of the molecule is COc1ccc(CN2CCN(Cc3ccc4nc(C(=O)N=C(N)N)cc(Cl)c4c3)CC2)c(OC)c1OC. The van der Waals surface area contributed by atoms with Crippen molar-refractivity contribution in [3.05, 3.63) is 58.2 Å². The van der Waals surface area contributed by atoms with Crippen molar-refractivity contribution < 1.29 is 19.0 Å². The van der Waals surface area contributed by atoms with Gasteiger partial charge in [0.1, 0.15) is 5.69 Å². The number of methoxy groups -OCH3 is 3. The Labute approximate surface area is 220 Å². The van der Waals surface area contributed by atoms with Crippen LogP contribution in [0.3, 0.4) is 0 Å². The zero-order valence-corrected chi connectivity index (χ0v) is 21.9. The summed E-state index contributed by atoms with van der Waals surface area (Å²) in [6, 6.07) is 11.3. The molecule has 3 aromatic rings. The van der Waals surface area contributed by atoms with Gasteiger partial charge in [-0.3, -0.25) is 14.6 Å². The maximum atomic E-state index is 12.1. The van der Waals surface area contributed by atoms with Gasteiger partial charge in [0.2, 0.25) is 5.75 Å². The number of amides is 1. The zero-order chi connectivity index (χ0) is 26.5. The molecule has 0 bridgehead atoms. The molecule has 4 N–H and O–H groups in total. The fraction of sp³-hybridized carbons (Fsp3) is 0.346. The number of hydrogen-bond donors (Lipinski definition) is 2. The zero-order valence-electron chi connectivity index (χ0n) is 21.2. The van der Waals surface area contributed by atoms with Crippen LogP contribution in [0.15, 0.2) is 41.4 Å². The topological polar surface area (TPSA) is 129 Å². The van der Waals surface area contributed by atoms with E-state index in [9.17, 15) is 4.79 Å². The Bertz CT molecular complexity index is 1320. The Balaban J connectivity index is 1.40. The highest BCUT2D eigenvalue weighted by Gasteiger charge is 2.22. The van der Waals surface area contributed by atoms with E-state index in [1.807, 2.05) is 30.3 Å². The van der Waals surface area contributed by atoms with Gasteiger partial charge in [-0.2, -0.15) is 4.99 Å². The number of aromatic nitrogens is 1. The van der Waals surface area contributed by atoms with Crippen LogP contribution in [0.4, 0.5) is 0 Å². The minimum Gasteiger partial charge on any atom is -0.493 e. The van der Waals surface area contributed by atoms with Gasteiger partial charge < -0.3 is 25.7 Å². The van der Waals surface area contributed by atoms with E-state index in [-0.39, 0.29) is 11.7 Å². The summed E-state index contributed by atoms with van der Waals surface area (Å²) in [6.45, 7) is 5.23. The van der Waals surface area contributed by atoms with Crippen LogP contribution in [0, 0.1) is 0 Å². The van der Waals surface area contributed by atoms with E-state index < -0.39 is 5.91 Å². The molecule has 196 valence electrons. The van der Waals surface area contributed by atoms with Crippen LogP contribution in [0.25, 0.3) is 10.9 Å². The Hall–Kier alpha value is -3.60. The first-order valence-electron chi connectivity index (χ1n) is 11.8. The lowest BCUT2D eigenvalue weighted by molar-refractivity contribution is 0.0998. The molecular weight excluding hydrogens is 496 g/mol. The fourth-order valence-corrected chi connectivity index (χ4v) is 4.76. The molecular formula is C26H31ClN6O4. The van der Waals surface area contributed by atoms with Crippen molar-refractivity contribution in [2.45, 2.75) is 13.1 Å². The number of guanidine groups is 1. The number of pyridine rings is 1. The second-order valence-corrected chi connectivity index (χ2v) is 9.14. The summed E-state index contributed by atoms with van der Waals surface area (Å²) < 4.78 is 16.6. The lowest BCUT2D eigenvalue weighted by Crippen LogP contribution is -2.45. The molecule has 1 fully saturated rings. The van der Waals surface area contributed by atoms with Crippen molar-refractivity contribution in [1.82, 2.24) is 14.8 Å². The molecule has 4 rings (SSSR count). The van der Waals surface area contributed by atoms with Gasteiger partial charge in [-0.1, -0.05) is 23.7 Å². The molecule has 0 spiro atoms. The van der Waals surface area contributed by atoms with Crippen molar-refractivity contribution in [2.24, 2.45) is 16.5 Å². The summed E-state index contributed by atoms with van der Waals surface area (Å²) in [4.78, 5) is 24.8. The number of hydrogen-bond acceptors (Lipinski definition) is 7. The first kappa shape index (κ1) is 26.5. The lowest BCUT2D eigenvalue weighted by atomic mass is 10.1. The highest BCUT2D eigenvalue weighted by atomic mass is 35.5. The average molecular weight is 527 g/mol. The van der Waals surface area contributed by atoms with Crippen molar-refractivity contribution in [3.8, 4) is 17.2 Å². The number of aliphatic imine (C=N–C) groups is 1. The third kappa shape index (κ3) is 6.04. The first-order valence-corrected chi connectivity index (χ1v) is 12.2. The first-order chi connectivity index (χ1) is 17.8. The van der Waals surface area contributed by atoms with E-state index >= 15 is 0 Å². The standard InChI is InChI=1S/C26H31ClN6O4/c1-35-22-7-5-17(23(36-2)24(22)37-3)15-33-10-8-32(9-11-33)14-16-4-6-20-18(12-16)19(27)13-21(30-20)25(34)31-26(28)29/h4-7,12-13H,8-11,14-15H2,1-3H3,(H4,28,29,31,34). The number of nitrogens with zero attached hydrogens (tertiary/aromatic N) is 4. The van der Waals surface area contributed by atoms with E-state index in [1.54, 1.807) is 21.3 Å². The van der Waals surface area contributed by atoms with Crippen LogP contribution in [0.5, 0.6) is 17.2 Å². The number of benzene rings is 2. The van der Waals surface area contributed by atoms with Crippen molar-refractivity contribution in [1.29, 1.82) is 0 Å². The fourth-order valence-electron chi connectivity index (χ4n) is 4.51. The van der Waals surface area contributed by atoms with Crippen LogP contribution in [0.1, 0.15) is 21.6 Å². The van der Waals surface area contributed by atoms with Gasteiger partial charge in [0.15, 0.2) is 17.5 Å². The molecule has 0 atom stereocenters. The summed E-state index contributed by atoms with van der Waals surface area (Å²) in [7, 11) is 4.88. The number of carbonyl (C=O) groups is 1. The number of fused-ring (bicyclic) bond motifs is 1. The summed E-state index contributed by atoms with van der Waals surface area (Å²) >= 11 is 6.47. The number of rotatable bonds is 8. The van der Waals surface area contributed by atoms with E-state index in [4.69, 9.17) is 37.3 Å². The van der Waals surface area contributed by atoms with Gasteiger partial charge in [0.05, 0.1) is 31.9 Å². The Morgan fingerprint density at radius 1 is 0.946 bits per heavy atom. The third-order valence-electron chi connectivity index (χ3n) is 6.32. The number of piperazine rings is 1. The summed E-state index contributed by atoms with van der Waals surface area (Å²) in [5.74, 6) is 1.01. The van der Waals surface area contributed by atoms with Crippen LogP contribution in [-0.2, 0) is 13.1 Å². The predicted octanol–water partition coefficient (Wildman–Crippen LogP) is 2.65. The lowest BCUT2D eigenvalue weighted by Gasteiger charge is -2.35. The predicted molar refractivity (Wildman–Crippen MR) is 144 cm³/mol. The molecule has 1 saturated heterocycles. The van der Waals surface area contributed by atoms with Gasteiger partial charge >= 0.3 is 0 Å². The average Bonchev–Trinajstić information content (AvgIpc) is 2.89. The molecule has 37 heavy (non-hydrogen) atoms. The number of carbonyl (C=O) groups excluding carboxylic acids is 1. The Kier molecular flexibility index (Phi) is 8.32. The summed E-state index contributed by atoms with van der Waals surface area (Å²) in [5, 5.41) is 1.20. The normalized spacial score (nSPS) is 14.4. The minimum atomic E-state index is -0.628. The second kappa shape index (κ2) is 11.6. The van der Waals surface area contributed by atoms with Gasteiger partial charge in [0.25, 0.3) is 5.91 Å². The highest BCUT2D eigenvalue weighted by molar-refractivity contribution is 6.35. The smallest absolute Gasteiger partial charge is 0.298 e. The molecule has 10 nitrogen and oxygen atoms in total. The molecule has 1 amide bonds. The molecule has 0 radical (unpaired) electrons. The molecule has 2 heterocycles. The minimum absolute atomic E-state index is 0.0980.